The van der Waals surface area contributed by atoms with Crippen molar-refractivity contribution >= 4 is 8.07 Å². The van der Waals surface area contributed by atoms with E-state index in [2.05, 4.69) is 76.2 Å². The lowest BCUT2D eigenvalue weighted by atomic mass is 10.2. The van der Waals surface area contributed by atoms with Gasteiger partial charge in [0.25, 0.3) is 0 Å². The third-order valence-electron chi connectivity index (χ3n) is 5.75. The third kappa shape index (κ3) is 1.98. The lowest BCUT2D eigenvalue weighted by Gasteiger charge is -2.51. The van der Waals surface area contributed by atoms with Gasteiger partial charge in [0.05, 0.1) is 32.6 Å². The minimum atomic E-state index is -2.46. The smallest absolute Gasteiger partial charge is 0.165 e. The lowest BCUT2D eigenvalue weighted by Crippen LogP contribution is -2.75. The van der Waals surface area contributed by atoms with Crippen LogP contribution in [0.5, 0.6) is 0 Å². The van der Waals surface area contributed by atoms with Crippen molar-refractivity contribution in [2.45, 2.75) is 63.6 Å². The van der Waals surface area contributed by atoms with Crippen LogP contribution in [0.2, 0.25) is 6.55 Å². The second-order valence-corrected chi connectivity index (χ2v) is 12.8. The topological polar surface area (TPSA) is 74.2 Å². The minimum Gasteiger partial charge on any atom is -0.182 e. The van der Waals surface area contributed by atoms with Crippen molar-refractivity contribution in [3.8, 4) is 0 Å². The van der Waals surface area contributed by atoms with Crippen molar-refractivity contribution in [1.82, 2.24) is 0 Å². The van der Waals surface area contributed by atoms with E-state index in [0.717, 1.165) is 17.1 Å². The number of hydrogen-bond donors (Lipinski definition) is 0. The summed E-state index contributed by atoms with van der Waals surface area (Å²) in [5.41, 5.74) is 2.85. The van der Waals surface area contributed by atoms with Gasteiger partial charge in [0.2, 0.25) is 0 Å². The van der Waals surface area contributed by atoms with Gasteiger partial charge >= 0.3 is 0 Å². The van der Waals surface area contributed by atoms with Crippen LogP contribution in [0.15, 0.2) is 66.0 Å². The standard InChI is InChI=1S/C16H24N6Si/c1-11-8-14(4,20-17-11)23(7,15(5)9-12(2)18-21-15)16(6)10-13(3)19-22-16/h8-10H,1-7H3. The Morgan fingerprint density at radius 2 is 0.913 bits per heavy atom. The molecule has 0 fully saturated rings. The Balaban J connectivity index is 2.27. The van der Waals surface area contributed by atoms with E-state index < -0.39 is 23.6 Å². The van der Waals surface area contributed by atoms with E-state index in [-0.39, 0.29) is 0 Å². The summed E-state index contributed by atoms with van der Waals surface area (Å²) < 4.78 is 0. The Labute approximate surface area is 138 Å². The summed E-state index contributed by atoms with van der Waals surface area (Å²) >= 11 is 0. The zero-order valence-corrected chi connectivity index (χ0v) is 15.9. The summed E-state index contributed by atoms with van der Waals surface area (Å²) in [4.78, 5) is 0. The van der Waals surface area contributed by atoms with E-state index in [1.165, 1.54) is 0 Å². The summed E-state index contributed by atoms with van der Waals surface area (Å²) in [6.45, 7) is 14.7. The third-order valence-corrected chi connectivity index (χ3v) is 12.6. The van der Waals surface area contributed by atoms with Crippen LogP contribution in [0.25, 0.3) is 0 Å². The summed E-state index contributed by atoms with van der Waals surface area (Å²) in [5.74, 6) is 0. The molecule has 23 heavy (non-hydrogen) atoms. The molecule has 0 spiro atoms. The molecule has 3 aliphatic heterocycles. The second-order valence-electron chi connectivity index (χ2n) is 7.52. The number of hydrogen-bond acceptors (Lipinski definition) is 6. The average molecular weight is 328 g/mol. The van der Waals surface area contributed by atoms with Crippen LogP contribution >= 0.6 is 0 Å². The molecule has 3 aliphatic rings. The molecule has 0 aromatic rings. The van der Waals surface area contributed by atoms with Gasteiger partial charge in [0, 0.05) is 0 Å². The highest BCUT2D eigenvalue weighted by Crippen LogP contribution is 2.52. The Morgan fingerprint density at radius 3 is 1.09 bits per heavy atom. The van der Waals surface area contributed by atoms with E-state index in [0.29, 0.717) is 0 Å². The molecular formula is C16H24N6Si. The maximum Gasteiger partial charge on any atom is 0.165 e. The molecule has 3 rings (SSSR count). The molecule has 0 saturated heterocycles. The molecule has 0 saturated carbocycles. The fourth-order valence-corrected chi connectivity index (χ4v) is 9.53. The van der Waals surface area contributed by atoms with Crippen molar-refractivity contribution in [3.05, 3.63) is 35.3 Å². The predicted molar refractivity (Wildman–Crippen MR) is 92.7 cm³/mol. The average Bonchev–Trinajstić information content (AvgIpc) is 3.10. The summed E-state index contributed by atoms with van der Waals surface area (Å²) in [7, 11) is -2.46. The summed E-state index contributed by atoms with van der Waals surface area (Å²) in [5, 5.41) is 25.8. The minimum absolute atomic E-state index is 0.416. The molecule has 0 amide bonds. The molecule has 3 atom stereocenters. The molecule has 0 aromatic heterocycles. The Morgan fingerprint density at radius 1 is 0.652 bits per heavy atom. The first-order valence-electron chi connectivity index (χ1n) is 7.92. The van der Waals surface area contributed by atoms with E-state index in [4.69, 9.17) is 0 Å². The zero-order valence-electron chi connectivity index (χ0n) is 14.9. The second kappa shape index (κ2) is 4.63. The largest absolute Gasteiger partial charge is 0.182 e. The van der Waals surface area contributed by atoms with Gasteiger partial charge in [-0.2, -0.15) is 30.7 Å². The first-order valence-corrected chi connectivity index (χ1v) is 10.4. The number of rotatable bonds is 3. The van der Waals surface area contributed by atoms with Gasteiger partial charge in [0.15, 0.2) is 8.07 Å². The van der Waals surface area contributed by atoms with Crippen molar-refractivity contribution in [1.29, 1.82) is 0 Å². The zero-order chi connectivity index (χ0) is 17.1. The van der Waals surface area contributed by atoms with Crippen LogP contribution in [0.3, 0.4) is 0 Å². The van der Waals surface area contributed by atoms with Crippen molar-refractivity contribution in [3.63, 3.8) is 0 Å². The van der Waals surface area contributed by atoms with Crippen LogP contribution in [-0.2, 0) is 0 Å². The van der Waals surface area contributed by atoms with Gasteiger partial charge in [-0.25, -0.2) is 0 Å². The van der Waals surface area contributed by atoms with Crippen LogP contribution in [0, 0.1) is 0 Å². The van der Waals surface area contributed by atoms with E-state index >= 15 is 0 Å². The van der Waals surface area contributed by atoms with Crippen molar-refractivity contribution in [2.75, 3.05) is 0 Å². The Hall–Kier alpha value is -1.76. The molecule has 7 heteroatoms. The highest BCUT2D eigenvalue weighted by Gasteiger charge is 2.69. The molecule has 3 heterocycles. The van der Waals surface area contributed by atoms with Crippen LogP contribution in [0.1, 0.15) is 41.5 Å². The lowest BCUT2D eigenvalue weighted by molar-refractivity contribution is 0.590. The molecule has 0 aromatic carbocycles. The van der Waals surface area contributed by atoms with Crippen LogP contribution in [-0.4, -0.2) is 23.6 Å². The number of nitrogens with zero attached hydrogens (tertiary/aromatic N) is 6. The number of azo groups is 3. The molecule has 6 nitrogen and oxygen atoms in total. The normalized spacial score (nSPS) is 41.1. The monoisotopic (exact) mass is 328 g/mol. The van der Waals surface area contributed by atoms with E-state index in [1.54, 1.807) is 0 Å². The Bertz CT molecular complexity index is 648. The number of allylic oxidation sites excluding steroid dienone is 3. The van der Waals surface area contributed by atoms with Crippen molar-refractivity contribution < 1.29 is 0 Å². The molecular weight excluding hydrogens is 304 g/mol. The van der Waals surface area contributed by atoms with Crippen molar-refractivity contribution in [2.24, 2.45) is 30.7 Å². The SMILES string of the molecule is CC1=CC(C)([Si](C)(C2(C)C=C(C)N=N2)C2(C)C=C(C)N=N2)N=N1. The summed E-state index contributed by atoms with van der Waals surface area (Å²) in [6.07, 6.45) is 6.51. The maximum absolute atomic E-state index is 4.68. The fraction of sp³-hybridized carbons (Fsp3) is 0.625. The van der Waals surface area contributed by atoms with Gasteiger partial charge < -0.3 is 0 Å². The van der Waals surface area contributed by atoms with Gasteiger partial charge in [-0.05, 0) is 59.8 Å². The van der Waals surface area contributed by atoms with Gasteiger partial charge in [-0.15, -0.1) is 0 Å². The van der Waals surface area contributed by atoms with Crippen LogP contribution in [0.4, 0.5) is 0 Å². The van der Waals surface area contributed by atoms with E-state index in [1.807, 2.05) is 20.8 Å². The Kier molecular flexibility index (Phi) is 3.24. The molecule has 0 aliphatic carbocycles. The first-order chi connectivity index (χ1) is 10.6. The molecule has 122 valence electrons. The van der Waals surface area contributed by atoms with Gasteiger partial charge in [-0.3, -0.25) is 0 Å². The van der Waals surface area contributed by atoms with Gasteiger partial charge in [0.1, 0.15) is 0 Å². The highest BCUT2D eigenvalue weighted by atomic mass is 28.3. The summed E-state index contributed by atoms with van der Waals surface area (Å²) in [6, 6.07) is 0. The fourth-order valence-electron chi connectivity index (χ4n) is 4.21. The van der Waals surface area contributed by atoms with Crippen LogP contribution < -0.4 is 0 Å². The molecule has 0 bridgehead atoms. The highest BCUT2D eigenvalue weighted by molar-refractivity contribution is 6.89. The van der Waals surface area contributed by atoms with E-state index in [9.17, 15) is 0 Å². The molecule has 0 N–H and O–H groups in total. The van der Waals surface area contributed by atoms with Gasteiger partial charge in [-0.1, -0.05) is 6.55 Å². The molecule has 3 unspecified atom stereocenters. The first kappa shape index (κ1) is 16.1. The quantitative estimate of drug-likeness (QED) is 0.649. The molecule has 0 radical (unpaired) electrons. The maximum atomic E-state index is 4.68. The predicted octanol–water partition coefficient (Wildman–Crippen LogP) is 5.07.